The van der Waals surface area contributed by atoms with Gasteiger partial charge in [-0.2, -0.15) is 0 Å². The average Bonchev–Trinajstić information content (AvgIpc) is 3.62. The summed E-state index contributed by atoms with van der Waals surface area (Å²) in [6, 6.07) is 28.9. The third kappa shape index (κ3) is 6.93. The predicted octanol–water partition coefficient (Wildman–Crippen LogP) is 7.24. The first-order valence-corrected chi connectivity index (χ1v) is 14.7. The topological polar surface area (TPSA) is 59.8 Å². The molecule has 1 aliphatic carbocycles. The molecule has 0 aliphatic heterocycles. The Bertz CT molecular complexity index is 1300. The van der Waals surface area contributed by atoms with E-state index in [0.29, 0.717) is 18.8 Å². The largest absolute Gasteiger partial charge is 0.346 e. The van der Waals surface area contributed by atoms with Crippen molar-refractivity contribution in [3.63, 3.8) is 0 Å². The van der Waals surface area contributed by atoms with Gasteiger partial charge in [-0.05, 0) is 48.9 Å². The van der Waals surface area contributed by atoms with Crippen LogP contribution in [0.1, 0.15) is 67.1 Å². The van der Waals surface area contributed by atoms with Crippen molar-refractivity contribution in [3.8, 4) is 5.69 Å². The highest BCUT2D eigenvalue weighted by Crippen LogP contribution is 2.31. The van der Waals surface area contributed by atoms with Crippen molar-refractivity contribution in [2.24, 2.45) is 5.92 Å². The maximum atomic E-state index is 13.2. The lowest BCUT2D eigenvalue weighted by Gasteiger charge is -2.21. The lowest BCUT2D eigenvalue weighted by atomic mass is 10.0. The Hall–Kier alpha value is -3.38. The highest BCUT2D eigenvalue weighted by molar-refractivity contribution is 7.98. The van der Waals surface area contributed by atoms with Crippen LogP contribution < -0.4 is 5.32 Å². The van der Waals surface area contributed by atoms with E-state index in [9.17, 15) is 4.79 Å². The molecule has 4 aromatic rings. The minimum absolute atomic E-state index is 0.0924. The van der Waals surface area contributed by atoms with Crippen LogP contribution >= 0.6 is 11.8 Å². The first kappa shape index (κ1) is 26.2. The fourth-order valence-corrected chi connectivity index (χ4v) is 6.13. The van der Waals surface area contributed by atoms with E-state index >= 15 is 0 Å². The molecule has 196 valence electrons. The van der Waals surface area contributed by atoms with Gasteiger partial charge in [-0.1, -0.05) is 116 Å². The van der Waals surface area contributed by atoms with Crippen LogP contribution in [0.15, 0.2) is 90.1 Å². The highest BCUT2D eigenvalue weighted by atomic mass is 32.2. The van der Waals surface area contributed by atoms with E-state index in [1.807, 2.05) is 24.3 Å². The van der Waals surface area contributed by atoms with E-state index < -0.39 is 0 Å². The van der Waals surface area contributed by atoms with Gasteiger partial charge in [0.25, 0.3) is 0 Å². The van der Waals surface area contributed by atoms with Gasteiger partial charge in [-0.15, -0.1) is 10.2 Å². The Labute approximate surface area is 230 Å². The fraction of sp³-hybridized carbons (Fsp3) is 0.344. The minimum Gasteiger partial charge on any atom is -0.346 e. The van der Waals surface area contributed by atoms with Gasteiger partial charge in [0.1, 0.15) is 0 Å². The quantitative estimate of drug-likeness (QED) is 0.210. The van der Waals surface area contributed by atoms with E-state index in [1.54, 1.807) is 11.8 Å². The van der Waals surface area contributed by atoms with Gasteiger partial charge in [0.05, 0.1) is 6.04 Å². The summed E-state index contributed by atoms with van der Waals surface area (Å²) in [5.74, 6) is 2.34. The Kier molecular flexibility index (Phi) is 8.92. The highest BCUT2D eigenvalue weighted by Gasteiger charge is 2.25. The van der Waals surface area contributed by atoms with Crippen molar-refractivity contribution in [3.05, 3.63) is 107 Å². The number of aryl methyl sites for hydroxylation is 1. The number of carbonyl (C=O) groups is 1. The van der Waals surface area contributed by atoms with E-state index in [-0.39, 0.29) is 11.9 Å². The first-order valence-electron chi connectivity index (χ1n) is 13.7. The summed E-state index contributed by atoms with van der Waals surface area (Å²) in [4.78, 5) is 13.2. The molecule has 3 aromatic carbocycles. The molecule has 5 nitrogen and oxygen atoms in total. The van der Waals surface area contributed by atoms with E-state index in [0.717, 1.165) is 34.4 Å². The van der Waals surface area contributed by atoms with E-state index in [2.05, 4.69) is 82.6 Å². The summed E-state index contributed by atoms with van der Waals surface area (Å²) >= 11 is 1.67. The van der Waals surface area contributed by atoms with Crippen molar-refractivity contribution < 1.29 is 4.79 Å². The zero-order valence-electron chi connectivity index (χ0n) is 22.1. The molecule has 1 atom stereocenters. The number of thioether (sulfide) groups is 1. The number of rotatable bonds is 11. The normalized spacial score (nSPS) is 14.4. The van der Waals surface area contributed by atoms with Gasteiger partial charge >= 0.3 is 0 Å². The number of benzene rings is 3. The minimum atomic E-state index is -0.284. The van der Waals surface area contributed by atoms with Crippen LogP contribution in [0.25, 0.3) is 5.69 Å². The smallest absolute Gasteiger partial charge is 0.220 e. The molecule has 5 rings (SSSR count). The van der Waals surface area contributed by atoms with E-state index in [1.165, 1.54) is 36.8 Å². The van der Waals surface area contributed by atoms with Gasteiger partial charge < -0.3 is 5.32 Å². The van der Waals surface area contributed by atoms with Crippen molar-refractivity contribution in [2.75, 3.05) is 0 Å². The van der Waals surface area contributed by atoms with Crippen LogP contribution in [-0.2, 0) is 17.0 Å². The number of aromatic nitrogens is 3. The molecule has 38 heavy (non-hydrogen) atoms. The van der Waals surface area contributed by atoms with E-state index in [4.69, 9.17) is 5.10 Å². The SMILES string of the molecule is Cc1ccc(-n2c(SCc3ccccc3)nnc2C(Cc2ccccc2)NC(=O)CCC2CCCC2)cc1. The van der Waals surface area contributed by atoms with Crippen molar-refractivity contribution in [1.82, 2.24) is 20.1 Å². The monoisotopic (exact) mass is 524 g/mol. The van der Waals surface area contributed by atoms with Gasteiger partial charge in [0.2, 0.25) is 5.91 Å². The molecule has 1 fully saturated rings. The lowest BCUT2D eigenvalue weighted by molar-refractivity contribution is -0.122. The Balaban J connectivity index is 1.44. The Morgan fingerprint density at radius 2 is 1.58 bits per heavy atom. The second-order valence-electron chi connectivity index (χ2n) is 10.3. The first-order chi connectivity index (χ1) is 18.7. The molecular weight excluding hydrogens is 488 g/mol. The Morgan fingerprint density at radius 1 is 0.921 bits per heavy atom. The van der Waals surface area contributed by atoms with Crippen LogP contribution in [0.5, 0.6) is 0 Å². The number of amides is 1. The summed E-state index contributed by atoms with van der Waals surface area (Å²) in [6.45, 7) is 2.09. The average molecular weight is 525 g/mol. The van der Waals surface area contributed by atoms with Crippen molar-refractivity contribution >= 4 is 17.7 Å². The zero-order chi connectivity index (χ0) is 26.2. The molecule has 6 heteroatoms. The van der Waals surface area contributed by atoms with Crippen molar-refractivity contribution in [2.45, 2.75) is 68.8 Å². The van der Waals surface area contributed by atoms with Crippen LogP contribution in [0, 0.1) is 12.8 Å². The summed E-state index contributed by atoms with van der Waals surface area (Å²) in [5, 5.41) is 13.5. The number of nitrogens with zero attached hydrogens (tertiary/aromatic N) is 3. The van der Waals surface area contributed by atoms with Crippen molar-refractivity contribution in [1.29, 1.82) is 0 Å². The third-order valence-corrected chi connectivity index (χ3v) is 8.35. The molecule has 1 saturated carbocycles. The summed E-state index contributed by atoms with van der Waals surface area (Å²) in [6.07, 6.45) is 7.28. The number of carbonyl (C=O) groups excluding carboxylic acids is 1. The molecule has 1 unspecified atom stereocenters. The molecule has 0 spiro atoms. The fourth-order valence-electron chi connectivity index (χ4n) is 5.22. The van der Waals surface area contributed by atoms with Gasteiger partial charge in [0.15, 0.2) is 11.0 Å². The standard InChI is InChI=1S/C32H36N4OS/c1-24-16-19-28(20-17-24)36-31(34-35-32(36)38-23-27-14-6-3-7-15-27)29(22-26-12-4-2-5-13-26)33-30(37)21-18-25-10-8-9-11-25/h2-7,12-17,19-20,25,29H,8-11,18,21-23H2,1H3,(H,33,37). The van der Waals surface area contributed by atoms with Crippen LogP contribution in [0.2, 0.25) is 0 Å². The molecular formula is C32H36N4OS. The van der Waals surface area contributed by atoms with Gasteiger partial charge in [0, 0.05) is 17.9 Å². The predicted molar refractivity (Wildman–Crippen MR) is 154 cm³/mol. The number of hydrogen-bond acceptors (Lipinski definition) is 4. The second-order valence-corrected chi connectivity index (χ2v) is 11.2. The summed E-state index contributed by atoms with van der Waals surface area (Å²) < 4.78 is 2.12. The molecule has 1 heterocycles. The summed E-state index contributed by atoms with van der Waals surface area (Å²) in [7, 11) is 0. The number of hydrogen-bond donors (Lipinski definition) is 1. The zero-order valence-corrected chi connectivity index (χ0v) is 22.9. The molecule has 1 N–H and O–H groups in total. The molecule has 0 bridgehead atoms. The summed E-state index contributed by atoms with van der Waals surface area (Å²) in [5.41, 5.74) is 4.59. The lowest BCUT2D eigenvalue weighted by Crippen LogP contribution is -2.32. The maximum absolute atomic E-state index is 13.2. The molecule has 0 radical (unpaired) electrons. The third-order valence-electron chi connectivity index (χ3n) is 7.35. The van der Waals surface area contributed by atoms with Crippen LogP contribution in [-0.4, -0.2) is 20.7 Å². The second kappa shape index (κ2) is 12.9. The van der Waals surface area contributed by atoms with Crippen LogP contribution in [0.3, 0.4) is 0 Å². The van der Waals surface area contributed by atoms with Gasteiger partial charge in [-0.3, -0.25) is 9.36 Å². The Morgan fingerprint density at radius 3 is 2.26 bits per heavy atom. The molecule has 1 aromatic heterocycles. The maximum Gasteiger partial charge on any atom is 0.220 e. The number of nitrogens with one attached hydrogen (secondary N) is 1. The van der Waals surface area contributed by atoms with Gasteiger partial charge in [-0.25, -0.2) is 0 Å². The molecule has 0 saturated heterocycles. The van der Waals surface area contributed by atoms with Crippen LogP contribution in [0.4, 0.5) is 0 Å². The molecule has 1 amide bonds. The molecule has 1 aliphatic rings.